The first kappa shape index (κ1) is 24.8. The minimum atomic E-state index is -0.753. The number of fused-ring (bicyclic) bond motifs is 1. The molecule has 5 aromatic rings. The number of rotatable bonds is 7. The van der Waals surface area contributed by atoms with E-state index in [2.05, 4.69) is 10.1 Å². The highest BCUT2D eigenvalue weighted by Gasteiger charge is 2.23. The molecule has 0 aliphatic rings. The van der Waals surface area contributed by atoms with Crippen LogP contribution in [0.2, 0.25) is 0 Å². The van der Waals surface area contributed by atoms with Crippen molar-refractivity contribution in [1.82, 2.24) is 24.0 Å². The van der Waals surface area contributed by atoms with Gasteiger partial charge in [0.05, 0.1) is 11.3 Å². The summed E-state index contributed by atoms with van der Waals surface area (Å²) in [7, 11) is 1.62. The van der Waals surface area contributed by atoms with Gasteiger partial charge in [0.25, 0.3) is 5.56 Å². The van der Waals surface area contributed by atoms with Gasteiger partial charge in [-0.15, -0.1) is 0 Å². The largest absolute Gasteiger partial charge is 0.434 e. The summed E-state index contributed by atoms with van der Waals surface area (Å²) >= 11 is 0. The second kappa shape index (κ2) is 9.51. The van der Waals surface area contributed by atoms with Crippen molar-refractivity contribution < 1.29 is 23.1 Å². The molecule has 11 heteroatoms. The number of aromatic nitrogens is 5. The van der Waals surface area contributed by atoms with Gasteiger partial charge in [0, 0.05) is 25.4 Å². The zero-order valence-electron chi connectivity index (χ0n) is 20.6. The average molecular weight is 517 g/mol. The Labute approximate surface area is 214 Å². The molecule has 0 unspecified atom stereocenters. The molecule has 5 rings (SSSR count). The molecule has 3 heterocycles. The van der Waals surface area contributed by atoms with Crippen molar-refractivity contribution >= 4 is 17.1 Å². The number of Topliss-reactive ketones (excluding diaryl/α,β-unsaturated/α-hetero) is 2. The zero-order chi connectivity index (χ0) is 27.1. The maximum absolute atomic E-state index is 15.0. The third kappa shape index (κ3) is 4.27. The number of ketones is 2. The predicted molar refractivity (Wildman–Crippen MR) is 133 cm³/mol. The topological polar surface area (TPSA) is 100 Å². The number of hydrogen-bond donors (Lipinski definition) is 0. The molecule has 0 atom stereocenters. The average Bonchev–Trinajstić information content (AvgIpc) is 3.41. The van der Waals surface area contributed by atoms with Gasteiger partial charge < -0.3 is 4.74 Å². The SMILES string of the molecule is CC(=O)c1ccn2ncnc(Oc3ccc(CC(=O)c4c(C)n(C)n(-c5ccc(F)cc5)c4=O)cc3F)c12. The number of ether oxygens (including phenoxy) is 1. The number of halogens is 2. The molecule has 0 aliphatic carbocycles. The van der Waals surface area contributed by atoms with Crippen molar-refractivity contribution in [2.45, 2.75) is 20.3 Å². The van der Waals surface area contributed by atoms with Gasteiger partial charge in [0.1, 0.15) is 23.2 Å². The summed E-state index contributed by atoms with van der Waals surface area (Å²) in [6.45, 7) is 3.02. The molecule has 0 amide bonds. The molecule has 9 nitrogen and oxygen atoms in total. The summed E-state index contributed by atoms with van der Waals surface area (Å²) in [5, 5.41) is 4.03. The van der Waals surface area contributed by atoms with E-state index in [-0.39, 0.29) is 29.4 Å². The second-order valence-corrected chi connectivity index (χ2v) is 8.69. The zero-order valence-corrected chi connectivity index (χ0v) is 20.6. The normalized spacial score (nSPS) is 11.2. The first-order chi connectivity index (χ1) is 18.2. The lowest BCUT2D eigenvalue weighted by Gasteiger charge is -2.09. The van der Waals surface area contributed by atoms with Gasteiger partial charge in [-0.2, -0.15) is 10.1 Å². The van der Waals surface area contributed by atoms with E-state index in [1.807, 2.05) is 0 Å². The Kier molecular flexibility index (Phi) is 6.19. The molecule has 0 spiro atoms. The maximum Gasteiger partial charge on any atom is 0.282 e. The van der Waals surface area contributed by atoms with Crippen LogP contribution >= 0.6 is 0 Å². The summed E-state index contributed by atoms with van der Waals surface area (Å²) in [4.78, 5) is 42.2. The van der Waals surface area contributed by atoms with Gasteiger partial charge in [-0.25, -0.2) is 18.0 Å². The third-order valence-corrected chi connectivity index (χ3v) is 6.27. The van der Waals surface area contributed by atoms with Crippen LogP contribution in [0.5, 0.6) is 11.6 Å². The molecule has 0 saturated carbocycles. The fourth-order valence-electron chi connectivity index (χ4n) is 4.30. The minimum absolute atomic E-state index is 0.000758. The van der Waals surface area contributed by atoms with Crippen LogP contribution < -0.4 is 10.3 Å². The van der Waals surface area contributed by atoms with Gasteiger partial charge in [-0.3, -0.25) is 19.1 Å². The Bertz CT molecular complexity index is 1780. The Morgan fingerprint density at radius 1 is 1.05 bits per heavy atom. The summed E-state index contributed by atoms with van der Waals surface area (Å²) < 4.78 is 38.2. The first-order valence-electron chi connectivity index (χ1n) is 11.5. The van der Waals surface area contributed by atoms with Crippen LogP contribution in [0, 0.1) is 18.6 Å². The monoisotopic (exact) mass is 517 g/mol. The Morgan fingerprint density at radius 3 is 2.47 bits per heavy atom. The quantitative estimate of drug-likeness (QED) is 0.300. The minimum Gasteiger partial charge on any atom is -0.434 e. The van der Waals surface area contributed by atoms with Crippen molar-refractivity contribution in [2.75, 3.05) is 0 Å². The Balaban J connectivity index is 1.41. The number of benzene rings is 2. The predicted octanol–water partition coefficient (Wildman–Crippen LogP) is 4.23. The highest BCUT2D eigenvalue weighted by atomic mass is 19.1. The third-order valence-electron chi connectivity index (χ3n) is 6.27. The molecular formula is C27H21F2N5O4. The summed E-state index contributed by atoms with van der Waals surface area (Å²) in [5.74, 6) is -2.08. The summed E-state index contributed by atoms with van der Waals surface area (Å²) in [6, 6.07) is 10.9. The van der Waals surface area contributed by atoms with Crippen molar-refractivity contribution in [2.24, 2.45) is 7.05 Å². The van der Waals surface area contributed by atoms with E-state index in [4.69, 9.17) is 4.74 Å². The fraction of sp³-hybridized carbons (Fsp3) is 0.148. The van der Waals surface area contributed by atoms with Gasteiger partial charge in [-0.05, 0) is 61.9 Å². The van der Waals surface area contributed by atoms with E-state index in [0.717, 1.165) is 6.07 Å². The highest BCUT2D eigenvalue weighted by Crippen LogP contribution is 2.29. The summed E-state index contributed by atoms with van der Waals surface area (Å²) in [5.41, 5.74) is 1.20. The van der Waals surface area contributed by atoms with Crippen molar-refractivity contribution in [3.8, 4) is 17.3 Å². The van der Waals surface area contributed by atoms with Gasteiger partial charge in [0.15, 0.2) is 23.1 Å². The lowest BCUT2D eigenvalue weighted by molar-refractivity contribution is 0.0988. The fourth-order valence-corrected chi connectivity index (χ4v) is 4.30. The highest BCUT2D eigenvalue weighted by molar-refractivity contribution is 6.02. The van der Waals surface area contributed by atoms with Gasteiger partial charge in [0.2, 0.25) is 5.88 Å². The molecule has 0 aliphatic heterocycles. The van der Waals surface area contributed by atoms with Gasteiger partial charge >= 0.3 is 0 Å². The molecule has 38 heavy (non-hydrogen) atoms. The van der Waals surface area contributed by atoms with Crippen molar-refractivity contribution in [1.29, 1.82) is 0 Å². The van der Waals surface area contributed by atoms with Crippen LogP contribution in [0.25, 0.3) is 11.2 Å². The number of carbonyl (C=O) groups is 2. The van der Waals surface area contributed by atoms with Crippen LogP contribution in [-0.4, -0.2) is 35.5 Å². The molecule has 3 aromatic heterocycles. The molecule has 0 bridgehead atoms. The number of carbonyl (C=O) groups excluding carboxylic acids is 2. The lowest BCUT2D eigenvalue weighted by atomic mass is 10.0. The number of nitrogens with zero attached hydrogens (tertiary/aromatic N) is 5. The molecule has 2 aromatic carbocycles. The van der Waals surface area contributed by atoms with Crippen LogP contribution in [0.3, 0.4) is 0 Å². The van der Waals surface area contributed by atoms with Gasteiger partial charge in [-0.1, -0.05) is 6.07 Å². The molecule has 0 fully saturated rings. The Hall–Kier alpha value is -4.93. The molecule has 0 radical (unpaired) electrons. The van der Waals surface area contributed by atoms with Crippen LogP contribution in [0.1, 0.15) is 38.9 Å². The molecule has 0 N–H and O–H groups in total. The smallest absolute Gasteiger partial charge is 0.282 e. The molecular weight excluding hydrogens is 496 g/mol. The van der Waals surface area contributed by atoms with E-state index in [0.29, 0.717) is 28.0 Å². The van der Waals surface area contributed by atoms with Crippen molar-refractivity contribution in [3.05, 3.63) is 105 Å². The number of hydrogen-bond acceptors (Lipinski definition) is 6. The second-order valence-electron chi connectivity index (χ2n) is 8.69. The van der Waals surface area contributed by atoms with E-state index in [9.17, 15) is 18.8 Å². The molecule has 0 saturated heterocycles. The van der Waals surface area contributed by atoms with Crippen molar-refractivity contribution in [3.63, 3.8) is 0 Å². The maximum atomic E-state index is 15.0. The Morgan fingerprint density at radius 2 is 1.79 bits per heavy atom. The van der Waals surface area contributed by atoms with Crippen LogP contribution in [-0.2, 0) is 13.5 Å². The lowest BCUT2D eigenvalue weighted by Crippen LogP contribution is -2.23. The summed E-state index contributed by atoms with van der Waals surface area (Å²) in [6.07, 6.45) is 2.56. The van der Waals surface area contributed by atoms with Crippen LogP contribution in [0.15, 0.2) is 65.8 Å². The standard InChI is InChI=1S/C27H21F2N5O4/c1-15-24(27(37)34(32(15)3)19-7-5-18(28)6-8-19)22(36)13-17-4-9-23(21(29)12-17)38-26-25-20(16(2)35)10-11-33(25)31-14-30-26/h4-12,14H,13H2,1-3H3. The first-order valence-corrected chi connectivity index (χ1v) is 11.5. The molecule has 192 valence electrons. The van der Waals surface area contributed by atoms with Crippen LogP contribution in [0.4, 0.5) is 8.78 Å². The van der Waals surface area contributed by atoms with E-state index >= 15 is 4.39 Å². The van der Waals surface area contributed by atoms with E-state index in [1.165, 1.54) is 63.5 Å². The van der Waals surface area contributed by atoms with E-state index in [1.54, 1.807) is 26.2 Å². The van der Waals surface area contributed by atoms with E-state index < -0.39 is 23.0 Å².